The van der Waals surface area contributed by atoms with E-state index in [2.05, 4.69) is 20.0 Å². The predicted octanol–water partition coefficient (Wildman–Crippen LogP) is 1.66. The number of rotatable bonds is 5. The van der Waals surface area contributed by atoms with Crippen molar-refractivity contribution < 1.29 is 9.26 Å². The molecule has 2 aliphatic rings. The van der Waals surface area contributed by atoms with Crippen LogP contribution in [0.4, 0.5) is 0 Å². The van der Waals surface area contributed by atoms with Gasteiger partial charge in [-0.3, -0.25) is 14.3 Å². The summed E-state index contributed by atoms with van der Waals surface area (Å²) in [5, 5.41) is 4.13. The molecule has 2 aromatic heterocycles. The van der Waals surface area contributed by atoms with Gasteiger partial charge in [-0.15, -0.1) is 0 Å². The van der Waals surface area contributed by atoms with Gasteiger partial charge in [-0.05, 0) is 52.1 Å². The molecule has 27 heavy (non-hydrogen) atoms. The number of hydrogen-bond donors (Lipinski definition) is 0. The topological polar surface area (TPSA) is 86.3 Å². The highest BCUT2D eigenvalue weighted by atomic mass is 16.5. The van der Waals surface area contributed by atoms with E-state index in [1.54, 1.807) is 10.9 Å². The normalized spacial score (nSPS) is 21.8. The van der Waals surface area contributed by atoms with Gasteiger partial charge >= 0.3 is 0 Å². The molecule has 0 aliphatic carbocycles. The molecule has 4 heterocycles. The number of aromatic nitrogens is 4. The Bertz CT molecular complexity index is 832. The molecule has 0 spiro atoms. The number of piperidine rings is 1. The van der Waals surface area contributed by atoms with Crippen molar-refractivity contribution in [2.24, 2.45) is 5.92 Å². The standard InChI is InChI=1S/C19H27N5O3/c1-13-14(2)20-12-24(19(13)25)9-15-3-6-23(7-4-15)10-17-21-18(27-22-17)16-5-8-26-11-16/h12,15-16H,3-11H2,1-2H3. The molecule has 2 aliphatic heterocycles. The van der Waals surface area contributed by atoms with Gasteiger partial charge in [0, 0.05) is 24.4 Å². The highest BCUT2D eigenvalue weighted by Gasteiger charge is 2.25. The van der Waals surface area contributed by atoms with Gasteiger partial charge in [-0.1, -0.05) is 5.16 Å². The van der Waals surface area contributed by atoms with Crippen molar-refractivity contribution in [2.45, 2.75) is 52.1 Å². The van der Waals surface area contributed by atoms with Crippen molar-refractivity contribution in [1.82, 2.24) is 24.6 Å². The van der Waals surface area contributed by atoms with E-state index in [9.17, 15) is 4.79 Å². The van der Waals surface area contributed by atoms with Crippen LogP contribution in [-0.4, -0.2) is 50.9 Å². The van der Waals surface area contributed by atoms with E-state index in [-0.39, 0.29) is 11.5 Å². The first-order chi connectivity index (χ1) is 13.1. The van der Waals surface area contributed by atoms with Gasteiger partial charge in [0.2, 0.25) is 5.89 Å². The van der Waals surface area contributed by atoms with Gasteiger partial charge in [-0.2, -0.15) is 4.98 Å². The van der Waals surface area contributed by atoms with Gasteiger partial charge in [-0.25, -0.2) is 4.98 Å². The molecular weight excluding hydrogens is 346 g/mol. The summed E-state index contributed by atoms with van der Waals surface area (Å²) < 4.78 is 12.6. The molecule has 8 nitrogen and oxygen atoms in total. The third-order valence-corrected chi connectivity index (χ3v) is 5.80. The summed E-state index contributed by atoms with van der Waals surface area (Å²) in [5.41, 5.74) is 1.64. The molecule has 2 aromatic rings. The van der Waals surface area contributed by atoms with Crippen molar-refractivity contribution >= 4 is 0 Å². The highest BCUT2D eigenvalue weighted by molar-refractivity contribution is 5.12. The van der Waals surface area contributed by atoms with Gasteiger partial charge < -0.3 is 9.26 Å². The molecule has 0 N–H and O–H groups in total. The lowest BCUT2D eigenvalue weighted by Gasteiger charge is -2.31. The second-order valence-electron chi connectivity index (χ2n) is 7.74. The Morgan fingerprint density at radius 1 is 1.22 bits per heavy atom. The zero-order valence-electron chi connectivity index (χ0n) is 16.1. The minimum absolute atomic E-state index is 0.0835. The maximum atomic E-state index is 12.4. The predicted molar refractivity (Wildman–Crippen MR) is 98.4 cm³/mol. The second-order valence-corrected chi connectivity index (χ2v) is 7.74. The molecule has 4 rings (SSSR count). The van der Waals surface area contributed by atoms with Crippen molar-refractivity contribution in [3.63, 3.8) is 0 Å². The van der Waals surface area contributed by atoms with Crippen LogP contribution in [0.5, 0.6) is 0 Å². The summed E-state index contributed by atoms with van der Waals surface area (Å²) in [6.45, 7) is 8.60. The lowest BCUT2D eigenvalue weighted by Crippen LogP contribution is -2.36. The van der Waals surface area contributed by atoms with Crippen LogP contribution in [0.1, 0.15) is 48.2 Å². The molecule has 0 amide bonds. The second kappa shape index (κ2) is 7.90. The SMILES string of the molecule is Cc1ncn(CC2CCN(Cc3noc(C4CCOC4)n3)CC2)c(=O)c1C. The number of aryl methyl sites for hydroxylation is 1. The minimum atomic E-state index is 0.0835. The Balaban J connectivity index is 1.29. The third kappa shape index (κ3) is 4.11. The molecule has 0 saturated carbocycles. The third-order valence-electron chi connectivity index (χ3n) is 5.80. The van der Waals surface area contributed by atoms with Crippen LogP contribution in [0.3, 0.4) is 0 Å². The Labute approximate surface area is 158 Å². The van der Waals surface area contributed by atoms with Crippen molar-refractivity contribution in [3.05, 3.63) is 39.7 Å². The smallest absolute Gasteiger partial charge is 0.256 e. The summed E-state index contributed by atoms with van der Waals surface area (Å²) >= 11 is 0. The molecule has 8 heteroatoms. The van der Waals surface area contributed by atoms with Crippen molar-refractivity contribution in [1.29, 1.82) is 0 Å². The van der Waals surface area contributed by atoms with E-state index in [0.29, 0.717) is 18.4 Å². The fourth-order valence-electron chi connectivity index (χ4n) is 3.84. The summed E-state index contributed by atoms with van der Waals surface area (Å²) in [6.07, 6.45) is 4.76. The molecule has 146 valence electrons. The van der Waals surface area contributed by atoms with Crippen LogP contribution >= 0.6 is 0 Å². The van der Waals surface area contributed by atoms with Gasteiger partial charge in [0.1, 0.15) is 0 Å². The molecule has 1 unspecified atom stereocenters. The molecule has 0 bridgehead atoms. The Hall–Kier alpha value is -2.06. The van der Waals surface area contributed by atoms with Crippen LogP contribution in [-0.2, 0) is 17.8 Å². The van der Waals surface area contributed by atoms with E-state index in [0.717, 1.165) is 69.1 Å². The lowest BCUT2D eigenvalue weighted by atomic mass is 9.96. The number of nitrogens with zero attached hydrogens (tertiary/aromatic N) is 5. The van der Waals surface area contributed by atoms with E-state index < -0.39 is 0 Å². The summed E-state index contributed by atoms with van der Waals surface area (Å²) in [4.78, 5) is 23.6. The van der Waals surface area contributed by atoms with Crippen LogP contribution in [0.2, 0.25) is 0 Å². The number of ether oxygens (including phenoxy) is 1. The largest absolute Gasteiger partial charge is 0.381 e. The fraction of sp³-hybridized carbons (Fsp3) is 0.684. The molecule has 2 fully saturated rings. The first kappa shape index (κ1) is 18.3. The van der Waals surface area contributed by atoms with Gasteiger partial charge in [0.05, 0.1) is 25.4 Å². The first-order valence-electron chi connectivity index (χ1n) is 9.75. The lowest BCUT2D eigenvalue weighted by molar-refractivity contribution is 0.161. The molecule has 0 aromatic carbocycles. The fourth-order valence-corrected chi connectivity index (χ4v) is 3.84. The maximum absolute atomic E-state index is 12.4. The summed E-state index contributed by atoms with van der Waals surface area (Å²) in [5.74, 6) is 2.21. The quantitative estimate of drug-likeness (QED) is 0.788. The Kier molecular flexibility index (Phi) is 5.36. The molecular formula is C19H27N5O3. The zero-order chi connectivity index (χ0) is 18.8. The number of hydrogen-bond acceptors (Lipinski definition) is 7. The first-order valence-corrected chi connectivity index (χ1v) is 9.75. The molecule has 0 radical (unpaired) electrons. The summed E-state index contributed by atoms with van der Waals surface area (Å²) in [7, 11) is 0. The maximum Gasteiger partial charge on any atom is 0.256 e. The molecule has 1 atom stereocenters. The minimum Gasteiger partial charge on any atom is -0.381 e. The van der Waals surface area contributed by atoms with E-state index >= 15 is 0 Å². The van der Waals surface area contributed by atoms with Gasteiger partial charge in [0.25, 0.3) is 5.56 Å². The average Bonchev–Trinajstić information content (AvgIpc) is 3.35. The molecule has 2 saturated heterocycles. The van der Waals surface area contributed by atoms with Crippen molar-refractivity contribution in [2.75, 3.05) is 26.3 Å². The van der Waals surface area contributed by atoms with Crippen LogP contribution in [0.15, 0.2) is 15.6 Å². The van der Waals surface area contributed by atoms with Crippen LogP contribution in [0.25, 0.3) is 0 Å². The highest BCUT2D eigenvalue weighted by Crippen LogP contribution is 2.24. The average molecular weight is 373 g/mol. The summed E-state index contributed by atoms with van der Waals surface area (Å²) in [6, 6.07) is 0. The van der Waals surface area contributed by atoms with E-state index in [1.165, 1.54) is 0 Å². The van der Waals surface area contributed by atoms with E-state index in [1.807, 2.05) is 13.8 Å². The van der Waals surface area contributed by atoms with Crippen LogP contribution in [0, 0.1) is 19.8 Å². The Morgan fingerprint density at radius 2 is 2.04 bits per heavy atom. The van der Waals surface area contributed by atoms with Gasteiger partial charge in [0.15, 0.2) is 5.82 Å². The Morgan fingerprint density at radius 3 is 2.78 bits per heavy atom. The van der Waals surface area contributed by atoms with E-state index in [4.69, 9.17) is 9.26 Å². The van der Waals surface area contributed by atoms with Crippen LogP contribution < -0.4 is 5.56 Å². The monoisotopic (exact) mass is 373 g/mol. The zero-order valence-corrected chi connectivity index (χ0v) is 16.1. The number of likely N-dealkylation sites (tertiary alicyclic amines) is 1. The van der Waals surface area contributed by atoms with Crippen molar-refractivity contribution in [3.8, 4) is 0 Å².